The number of unbranched alkanes of at least 4 members (excludes halogenated alkanes) is 10. The molecule has 0 rings (SSSR count). The Bertz CT molecular complexity index is 237. The molecule has 0 saturated carbocycles. The predicted molar refractivity (Wildman–Crippen MR) is 97.1 cm³/mol. The fraction of sp³-hybridized carbons (Fsp3) is 0.800. The first kappa shape index (κ1) is 20.4. The van der Waals surface area contributed by atoms with Gasteiger partial charge in [0.2, 0.25) is 0 Å². The zero-order valence-corrected chi connectivity index (χ0v) is 15.2. The molecule has 0 aromatic carbocycles. The number of allylic oxidation sites excluding steroid dienone is 2. The van der Waals surface area contributed by atoms with Crippen LogP contribution >= 0.6 is 0 Å². The van der Waals surface area contributed by atoms with Crippen LogP contribution in [0.5, 0.6) is 0 Å². The summed E-state index contributed by atoms with van der Waals surface area (Å²) in [4.78, 5) is 0. The van der Waals surface area contributed by atoms with E-state index in [0.29, 0.717) is 0 Å². The second kappa shape index (κ2) is 14.4. The van der Waals surface area contributed by atoms with Crippen molar-refractivity contribution in [1.29, 1.82) is 0 Å². The first-order valence-electron chi connectivity index (χ1n) is 9.31. The molecule has 0 saturated heterocycles. The van der Waals surface area contributed by atoms with Crippen molar-refractivity contribution >= 4 is 0 Å². The van der Waals surface area contributed by atoms with Gasteiger partial charge in [0.15, 0.2) is 0 Å². The maximum absolute atomic E-state index is 2.36. The molecule has 0 aliphatic carbocycles. The summed E-state index contributed by atoms with van der Waals surface area (Å²) in [7, 11) is 4.50. The standard InChI is InChI=1S/C20H40N/c1-5-7-9-11-13-15-17-19-21(3,4)20-18-16-14-12-10-8-6-2/h17-20H,5-16H2,1-4H3/q+1. The fourth-order valence-corrected chi connectivity index (χ4v) is 2.47. The van der Waals surface area contributed by atoms with Gasteiger partial charge in [-0.3, -0.25) is 4.48 Å². The van der Waals surface area contributed by atoms with Gasteiger partial charge in [-0.1, -0.05) is 65.2 Å². The van der Waals surface area contributed by atoms with Gasteiger partial charge in [-0.2, -0.15) is 0 Å². The minimum Gasteiger partial charge on any atom is -0.276 e. The maximum atomic E-state index is 2.36. The SMILES string of the molecule is CCCCCCCC=C[N+](C)(C)C=CCCCCCCC. The van der Waals surface area contributed by atoms with Gasteiger partial charge in [-0.15, -0.1) is 0 Å². The van der Waals surface area contributed by atoms with E-state index in [9.17, 15) is 0 Å². The molecule has 0 amide bonds. The minimum absolute atomic E-state index is 0.879. The first-order chi connectivity index (χ1) is 10.1. The van der Waals surface area contributed by atoms with Crippen molar-refractivity contribution in [2.24, 2.45) is 0 Å². The second-order valence-corrected chi connectivity index (χ2v) is 6.80. The van der Waals surface area contributed by atoms with Gasteiger partial charge in [0.25, 0.3) is 0 Å². The average molecular weight is 295 g/mol. The number of rotatable bonds is 14. The van der Waals surface area contributed by atoms with Crippen LogP contribution in [0.2, 0.25) is 0 Å². The lowest BCUT2D eigenvalue weighted by molar-refractivity contribution is -0.784. The van der Waals surface area contributed by atoms with Gasteiger partial charge in [-0.25, -0.2) is 0 Å². The van der Waals surface area contributed by atoms with E-state index in [2.05, 4.69) is 52.5 Å². The summed E-state index contributed by atoms with van der Waals surface area (Å²) in [5.41, 5.74) is 0. The van der Waals surface area contributed by atoms with Gasteiger partial charge in [-0.05, 0) is 37.8 Å². The van der Waals surface area contributed by atoms with E-state index >= 15 is 0 Å². The van der Waals surface area contributed by atoms with E-state index in [1.54, 1.807) is 0 Å². The van der Waals surface area contributed by atoms with Crippen LogP contribution in [-0.2, 0) is 0 Å². The summed E-state index contributed by atoms with van der Waals surface area (Å²) in [6, 6.07) is 0. The molecule has 0 N–H and O–H groups in total. The van der Waals surface area contributed by atoms with Crippen LogP contribution in [0.15, 0.2) is 24.6 Å². The van der Waals surface area contributed by atoms with Crippen molar-refractivity contribution < 1.29 is 4.48 Å². The van der Waals surface area contributed by atoms with Gasteiger partial charge in [0.1, 0.15) is 0 Å². The lowest BCUT2D eigenvalue weighted by atomic mass is 10.1. The van der Waals surface area contributed by atoms with Crippen LogP contribution < -0.4 is 0 Å². The Morgan fingerprint density at radius 1 is 0.571 bits per heavy atom. The van der Waals surface area contributed by atoms with E-state index < -0.39 is 0 Å². The third-order valence-electron chi connectivity index (χ3n) is 3.93. The third-order valence-corrected chi connectivity index (χ3v) is 3.93. The van der Waals surface area contributed by atoms with Crippen molar-refractivity contribution in [3.63, 3.8) is 0 Å². The van der Waals surface area contributed by atoms with Gasteiger partial charge < -0.3 is 0 Å². The number of hydrogen-bond donors (Lipinski definition) is 0. The van der Waals surface area contributed by atoms with E-state index in [4.69, 9.17) is 0 Å². The van der Waals surface area contributed by atoms with Crippen LogP contribution in [0, 0.1) is 0 Å². The van der Waals surface area contributed by atoms with Crippen LogP contribution in [0.3, 0.4) is 0 Å². The molecule has 0 unspecified atom stereocenters. The molecule has 1 heteroatoms. The fourth-order valence-electron chi connectivity index (χ4n) is 2.47. The van der Waals surface area contributed by atoms with Gasteiger partial charge >= 0.3 is 0 Å². The second-order valence-electron chi connectivity index (χ2n) is 6.80. The molecule has 1 nitrogen and oxygen atoms in total. The Morgan fingerprint density at radius 3 is 1.33 bits per heavy atom. The largest absolute Gasteiger partial charge is 0.276 e. The Morgan fingerprint density at radius 2 is 0.952 bits per heavy atom. The first-order valence-corrected chi connectivity index (χ1v) is 9.31. The van der Waals surface area contributed by atoms with Crippen LogP contribution in [0.4, 0.5) is 0 Å². The summed E-state index contributed by atoms with van der Waals surface area (Å²) in [5.74, 6) is 0. The normalized spacial score (nSPS) is 12.8. The summed E-state index contributed by atoms with van der Waals surface area (Å²) in [6.07, 6.45) is 25.6. The highest BCUT2D eigenvalue weighted by atomic mass is 15.3. The average Bonchev–Trinajstić information content (AvgIpc) is 2.45. The molecule has 0 aromatic heterocycles. The molecule has 0 bridgehead atoms. The Kier molecular flexibility index (Phi) is 14.0. The Labute approximate surface area is 134 Å². The van der Waals surface area contributed by atoms with Crippen LogP contribution in [0.25, 0.3) is 0 Å². The highest BCUT2D eigenvalue weighted by Crippen LogP contribution is 2.09. The van der Waals surface area contributed by atoms with Crippen molar-refractivity contribution in [2.75, 3.05) is 14.1 Å². The molecule has 21 heavy (non-hydrogen) atoms. The van der Waals surface area contributed by atoms with Gasteiger partial charge in [0.05, 0.1) is 26.5 Å². The molecule has 0 spiro atoms. The summed E-state index contributed by atoms with van der Waals surface area (Å²) in [6.45, 7) is 4.55. The van der Waals surface area contributed by atoms with E-state index in [1.807, 2.05) is 0 Å². The molecule has 0 heterocycles. The van der Waals surface area contributed by atoms with Gasteiger partial charge in [0, 0.05) is 0 Å². The van der Waals surface area contributed by atoms with Crippen LogP contribution in [0.1, 0.15) is 90.9 Å². The predicted octanol–water partition coefficient (Wildman–Crippen LogP) is 6.81. The van der Waals surface area contributed by atoms with Crippen LogP contribution in [-0.4, -0.2) is 18.6 Å². The number of quaternary nitrogens is 1. The van der Waals surface area contributed by atoms with E-state index in [-0.39, 0.29) is 0 Å². The highest BCUT2D eigenvalue weighted by molar-refractivity contribution is 4.80. The summed E-state index contributed by atoms with van der Waals surface area (Å²) < 4.78 is 0.879. The van der Waals surface area contributed by atoms with Crippen molar-refractivity contribution in [3.8, 4) is 0 Å². The molecule has 124 valence electrons. The molecular weight excluding hydrogens is 254 g/mol. The maximum Gasteiger partial charge on any atom is 0.0959 e. The number of nitrogens with zero attached hydrogens (tertiary/aromatic N) is 1. The number of hydrogen-bond acceptors (Lipinski definition) is 0. The summed E-state index contributed by atoms with van der Waals surface area (Å²) in [5, 5.41) is 0. The Balaban J connectivity index is 3.65. The monoisotopic (exact) mass is 294 g/mol. The van der Waals surface area contributed by atoms with E-state index in [1.165, 1.54) is 77.0 Å². The molecule has 0 aliphatic heterocycles. The topological polar surface area (TPSA) is 0 Å². The smallest absolute Gasteiger partial charge is 0.0959 e. The molecule has 0 radical (unpaired) electrons. The minimum atomic E-state index is 0.879. The molecule has 0 aliphatic rings. The zero-order chi connectivity index (χ0) is 15.8. The molecule has 0 aromatic rings. The molecule has 0 atom stereocenters. The highest BCUT2D eigenvalue weighted by Gasteiger charge is 2.04. The quantitative estimate of drug-likeness (QED) is 0.244. The van der Waals surface area contributed by atoms with Crippen molar-refractivity contribution in [1.82, 2.24) is 0 Å². The molecule has 0 fully saturated rings. The summed E-state index contributed by atoms with van der Waals surface area (Å²) >= 11 is 0. The Hall–Kier alpha value is -0.560. The van der Waals surface area contributed by atoms with Crippen molar-refractivity contribution in [3.05, 3.63) is 24.6 Å². The third kappa shape index (κ3) is 15.6. The lowest BCUT2D eigenvalue weighted by Crippen LogP contribution is -2.25. The lowest BCUT2D eigenvalue weighted by Gasteiger charge is -2.19. The zero-order valence-electron chi connectivity index (χ0n) is 15.2. The van der Waals surface area contributed by atoms with Crippen molar-refractivity contribution in [2.45, 2.75) is 90.9 Å². The molecular formula is C20H40N+. The van der Waals surface area contributed by atoms with E-state index in [0.717, 1.165) is 4.48 Å².